The van der Waals surface area contributed by atoms with Crippen LogP contribution in [0.2, 0.25) is 0 Å². The molecule has 0 bridgehead atoms. The van der Waals surface area contributed by atoms with Gasteiger partial charge in [0.1, 0.15) is 0 Å². The van der Waals surface area contributed by atoms with Gasteiger partial charge in [-0.1, -0.05) is 60.7 Å². The van der Waals surface area contributed by atoms with E-state index in [1.807, 2.05) is 48.5 Å². The van der Waals surface area contributed by atoms with Crippen molar-refractivity contribution in [1.82, 2.24) is 10.6 Å². The van der Waals surface area contributed by atoms with Gasteiger partial charge in [-0.15, -0.1) is 0 Å². The zero-order valence-electron chi connectivity index (χ0n) is 11.8. The van der Waals surface area contributed by atoms with Gasteiger partial charge in [0.15, 0.2) is 5.11 Å². The van der Waals surface area contributed by atoms with Crippen LogP contribution in [0.5, 0.6) is 0 Å². The fraction of sp³-hybridized carbons (Fsp3) is 0.235. The first-order valence-corrected chi connectivity index (χ1v) is 7.44. The van der Waals surface area contributed by atoms with Gasteiger partial charge in [-0.3, -0.25) is 0 Å². The molecule has 0 spiro atoms. The second-order valence-electron chi connectivity index (χ2n) is 4.78. The summed E-state index contributed by atoms with van der Waals surface area (Å²) in [5.74, 6) is 0. The van der Waals surface area contributed by atoms with E-state index in [0.717, 1.165) is 18.5 Å². The van der Waals surface area contributed by atoms with Gasteiger partial charge in [0.2, 0.25) is 0 Å². The SMILES string of the molecule is OC[C@@H](NC(=S)NCCc1ccccc1)c1ccccc1. The molecule has 0 heterocycles. The normalized spacial score (nSPS) is 11.7. The number of rotatable bonds is 6. The van der Waals surface area contributed by atoms with E-state index in [1.165, 1.54) is 5.56 Å². The van der Waals surface area contributed by atoms with Crippen LogP contribution in [0.3, 0.4) is 0 Å². The van der Waals surface area contributed by atoms with Gasteiger partial charge in [0, 0.05) is 6.54 Å². The molecule has 0 unspecified atom stereocenters. The Labute approximate surface area is 131 Å². The quantitative estimate of drug-likeness (QED) is 0.717. The standard InChI is InChI=1S/C17H20N2OS/c20-13-16(15-9-5-2-6-10-15)19-17(21)18-12-11-14-7-3-1-4-8-14/h1-10,16,20H,11-13H2,(H2,18,19,21)/t16-/m1/s1. The number of aliphatic hydroxyl groups is 1. The average molecular weight is 300 g/mol. The second-order valence-corrected chi connectivity index (χ2v) is 5.19. The van der Waals surface area contributed by atoms with Crippen LogP contribution in [0.1, 0.15) is 17.2 Å². The van der Waals surface area contributed by atoms with Crippen LogP contribution in [0.4, 0.5) is 0 Å². The number of nitrogens with one attached hydrogen (secondary N) is 2. The molecule has 0 aliphatic rings. The highest BCUT2D eigenvalue weighted by molar-refractivity contribution is 7.80. The zero-order chi connectivity index (χ0) is 14.9. The lowest BCUT2D eigenvalue weighted by atomic mass is 10.1. The topological polar surface area (TPSA) is 44.3 Å². The fourth-order valence-corrected chi connectivity index (χ4v) is 2.34. The molecule has 0 aliphatic carbocycles. The second kappa shape index (κ2) is 8.39. The summed E-state index contributed by atoms with van der Waals surface area (Å²) in [6.45, 7) is 0.771. The van der Waals surface area contributed by atoms with Crippen LogP contribution in [0.25, 0.3) is 0 Å². The summed E-state index contributed by atoms with van der Waals surface area (Å²) in [6, 6.07) is 19.9. The largest absolute Gasteiger partial charge is 0.394 e. The minimum absolute atomic E-state index is 0.00448. The van der Waals surface area contributed by atoms with E-state index in [4.69, 9.17) is 12.2 Å². The summed E-state index contributed by atoms with van der Waals surface area (Å²) in [5, 5.41) is 16.4. The Morgan fingerprint density at radius 1 is 1.00 bits per heavy atom. The van der Waals surface area contributed by atoms with Crippen LogP contribution in [-0.4, -0.2) is 23.4 Å². The van der Waals surface area contributed by atoms with Crippen LogP contribution in [0.15, 0.2) is 60.7 Å². The molecular weight excluding hydrogens is 280 g/mol. The van der Waals surface area contributed by atoms with Crippen molar-refractivity contribution in [2.24, 2.45) is 0 Å². The molecule has 0 saturated heterocycles. The van der Waals surface area contributed by atoms with E-state index in [1.54, 1.807) is 0 Å². The minimum atomic E-state index is -0.178. The highest BCUT2D eigenvalue weighted by Gasteiger charge is 2.10. The zero-order valence-corrected chi connectivity index (χ0v) is 12.6. The molecule has 2 aromatic carbocycles. The first kappa shape index (κ1) is 15.5. The van der Waals surface area contributed by atoms with Gasteiger partial charge in [0.05, 0.1) is 12.6 Å². The summed E-state index contributed by atoms with van der Waals surface area (Å²) in [4.78, 5) is 0. The van der Waals surface area contributed by atoms with Crippen molar-refractivity contribution in [2.45, 2.75) is 12.5 Å². The van der Waals surface area contributed by atoms with Crippen molar-refractivity contribution in [3.8, 4) is 0 Å². The summed E-state index contributed by atoms with van der Waals surface area (Å²) in [7, 11) is 0. The molecule has 0 radical (unpaired) electrons. The summed E-state index contributed by atoms with van der Waals surface area (Å²) in [5.41, 5.74) is 2.29. The molecule has 110 valence electrons. The number of hydrogen-bond acceptors (Lipinski definition) is 2. The van der Waals surface area contributed by atoms with E-state index < -0.39 is 0 Å². The van der Waals surface area contributed by atoms with E-state index >= 15 is 0 Å². The maximum atomic E-state index is 9.48. The Kier molecular flexibility index (Phi) is 6.19. The highest BCUT2D eigenvalue weighted by atomic mass is 32.1. The monoisotopic (exact) mass is 300 g/mol. The molecule has 4 heteroatoms. The van der Waals surface area contributed by atoms with Crippen LogP contribution in [-0.2, 0) is 6.42 Å². The van der Waals surface area contributed by atoms with Gasteiger partial charge in [-0.25, -0.2) is 0 Å². The molecule has 21 heavy (non-hydrogen) atoms. The van der Waals surface area contributed by atoms with E-state index in [2.05, 4.69) is 22.8 Å². The Balaban J connectivity index is 1.78. The Hall–Kier alpha value is -1.91. The third-order valence-corrected chi connectivity index (χ3v) is 3.49. The lowest BCUT2D eigenvalue weighted by Gasteiger charge is -2.19. The van der Waals surface area contributed by atoms with Crippen molar-refractivity contribution in [2.75, 3.05) is 13.2 Å². The smallest absolute Gasteiger partial charge is 0.166 e. The fourth-order valence-electron chi connectivity index (χ4n) is 2.09. The molecule has 2 aromatic rings. The predicted octanol–water partition coefficient (Wildman–Crippen LogP) is 2.43. The molecule has 3 N–H and O–H groups in total. The minimum Gasteiger partial charge on any atom is -0.394 e. The van der Waals surface area contributed by atoms with E-state index in [-0.39, 0.29) is 12.6 Å². The van der Waals surface area contributed by atoms with Crippen molar-refractivity contribution in [3.63, 3.8) is 0 Å². The van der Waals surface area contributed by atoms with Crippen LogP contribution < -0.4 is 10.6 Å². The van der Waals surface area contributed by atoms with E-state index in [9.17, 15) is 5.11 Å². The number of aliphatic hydroxyl groups excluding tert-OH is 1. The van der Waals surface area contributed by atoms with Crippen molar-refractivity contribution in [1.29, 1.82) is 0 Å². The van der Waals surface area contributed by atoms with Gasteiger partial charge in [-0.2, -0.15) is 0 Å². The van der Waals surface area contributed by atoms with Gasteiger partial charge in [0.25, 0.3) is 0 Å². The number of hydrogen-bond donors (Lipinski definition) is 3. The van der Waals surface area contributed by atoms with Crippen molar-refractivity contribution >= 4 is 17.3 Å². The van der Waals surface area contributed by atoms with Crippen LogP contribution in [0, 0.1) is 0 Å². The first-order valence-electron chi connectivity index (χ1n) is 7.03. The molecule has 1 atom stereocenters. The molecule has 0 amide bonds. The third-order valence-electron chi connectivity index (χ3n) is 3.23. The first-order chi connectivity index (χ1) is 10.3. The molecule has 0 aromatic heterocycles. The van der Waals surface area contributed by atoms with Crippen LogP contribution >= 0.6 is 12.2 Å². The van der Waals surface area contributed by atoms with Crippen molar-refractivity contribution in [3.05, 3.63) is 71.8 Å². The summed E-state index contributed by atoms with van der Waals surface area (Å²) >= 11 is 5.28. The Morgan fingerprint density at radius 2 is 1.62 bits per heavy atom. The van der Waals surface area contributed by atoms with Gasteiger partial charge >= 0.3 is 0 Å². The Morgan fingerprint density at radius 3 is 2.24 bits per heavy atom. The van der Waals surface area contributed by atoms with E-state index in [0.29, 0.717) is 5.11 Å². The maximum absolute atomic E-state index is 9.48. The molecule has 0 saturated carbocycles. The lowest BCUT2D eigenvalue weighted by molar-refractivity contribution is 0.257. The summed E-state index contributed by atoms with van der Waals surface area (Å²) < 4.78 is 0. The molecule has 0 fully saturated rings. The van der Waals surface area contributed by atoms with Crippen molar-refractivity contribution < 1.29 is 5.11 Å². The molecule has 0 aliphatic heterocycles. The highest BCUT2D eigenvalue weighted by Crippen LogP contribution is 2.11. The number of thiocarbonyl (C=S) groups is 1. The lowest BCUT2D eigenvalue weighted by Crippen LogP contribution is -2.39. The summed E-state index contributed by atoms with van der Waals surface area (Å²) in [6.07, 6.45) is 0.914. The molecule has 2 rings (SSSR count). The maximum Gasteiger partial charge on any atom is 0.166 e. The Bertz CT molecular complexity index is 545. The molecular formula is C17H20N2OS. The van der Waals surface area contributed by atoms with Gasteiger partial charge in [-0.05, 0) is 29.8 Å². The molecule has 3 nitrogen and oxygen atoms in total. The predicted molar refractivity (Wildman–Crippen MR) is 90.2 cm³/mol. The van der Waals surface area contributed by atoms with Gasteiger partial charge < -0.3 is 15.7 Å². The third kappa shape index (κ3) is 5.17. The average Bonchev–Trinajstić information content (AvgIpc) is 2.54. The number of benzene rings is 2.